The van der Waals surface area contributed by atoms with Crippen molar-refractivity contribution in [3.05, 3.63) is 53.0 Å². The van der Waals surface area contributed by atoms with Gasteiger partial charge in [0.2, 0.25) is 10.9 Å². The number of likely N-dealkylation sites (tertiary alicyclic amines) is 1. The lowest BCUT2D eigenvalue weighted by molar-refractivity contribution is -0.138. The number of carbonyl (C=O) groups is 3. The molecule has 0 unspecified atom stereocenters. The molecule has 3 aromatic rings. The van der Waals surface area contributed by atoms with Crippen LogP contribution in [0.4, 0.5) is 4.39 Å². The van der Waals surface area contributed by atoms with Crippen LogP contribution >= 0.6 is 23.4 Å². The van der Waals surface area contributed by atoms with E-state index in [2.05, 4.69) is 18.7 Å². The molecule has 2 saturated heterocycles. The van der Waals surface area contributed by atoms with Crippen molar-refractivity contribution in [1.29, 1.82) is 0 Å². The zero-order valence-electron chi connectivity index (χ0n) is 20.8. The Labute approximate surface area is 222 Å². The summed E-state index contributed by atoms with van der Waals surface area (Å²) in [4.78, 5) is 41.4. The number of carbonyl (C=O) groups excluding carboxylic acids is 3. The number of rotatable bonds is 5. The van der Waals surface area contributed by atoms with Gasteiger partial charge in [-0.25, -0.2) is 16.2 Å². The fraction of sp³-hybridized carbons (Fsp3) is 0.370. The van der Waals surface area contributed by atoms with E-state index in [1.165, 1.54) is 24.3 Å². The monoisotopic (exact) mass is 548 g/mol. The molecular weight excluding hydrogens is 519 g/mol. The van der Waals surface area contributed by atoms with Gasteiger partial charge in [0.15, 0.2) is 0 Å². The van der Waals surface area contributed by atoms with Crippen molar-refractivity contribution in [1.82, 2.24) is 9.80 Å². The van der Waals surface area contributed by atoms with Gasteiger partial charge in [-0.15, -0.1) is 0 Å². The molecule has 0 spiro atoms. The summed E-state index contributed by atoms with van der Waals surface area (Å²) >= 11 is 5.47. The molecule has 37 heavy (non-hydrogen) atoms. The first kappa shape index (κ1) is 25.8. The molecule has 0 radical (unpaired) electrons. The standard InChI is InChI=1S/C27H30ClFN2O5S/c1-15(2)30-9-7-18(8-10-30)35-22-14-21-19(13-20(22)28)23(16-3-5-17(29)6-4-16)24(36-21)25(32)31-11-12-37-27(34)26(31)33/h3-6,13-15,18H,7-12H2,1-2H3,37H4. The molecule has 2 aromatic carbocycles. The maximum Gasteiger partial charge on any atom is 0.304 e. The summed E-state index contributed by atoms with van der Waals surface area (Å²) in [5.41, 5.74) is 1.27. The fourth-order valence-electron chi connectivity index (χ4n) is 5.00. The van der Waals surface area contributed by atoms with Crippen LogP contribution in [-0.2, 0) is 9.59 Å². The van der Waals surface area contributed by atoms with Crippen molar-refractivity contribution >= 4 is 51.3 Å². The summed E-state index contributed by atoms with van der Waals surface area (Å²) in [5, 5.41) is 0.422. The van der Waals surface area contributed by atoms with E-state index in [9.17, 15) is 18.8 Å². The van der Waals surface area contributed by atoms with Gasteiger partial charge in [-0.3, -0.25) is 19.3 Å². The lowest BCUT2D eigenvalue weighted by Gasteiger charge is -2.34. The minimum absolute atomic E-state index is 0.00117. The van der Waals surface area contributed by atoms with Crippen LogP contribution < -0.4 is 4.74 Å². The zero-order chi connectivity index (χ0) is 26.3. The van der Waals surface area contributed by atoms with Gasteiger partial charge in [0.05, 0.1) is 5.02 Å². The summed E-state index contributed by atoms with van der Waals surface area (Å²) < 4.78 is 26.0. The number of amides is 2. The number of piperidine rings is 1. The second kappa shape index (κ2) is 10.5. The Bertz CT molecular complexity index is 1370. The second-order valence-corrected chi connectivity index (χ2v) is 12.1. The van der Waals surface area contributed by atoms with E-state index in [1.54, 1.807) is 12.1 Å². The van der Waals surface area contributed by atoms with Gasteiger partial charge in [0, 0.05) is 42.7 Å². The first-order valence-corrected chi connectivity index (χ1v) is 14.6. The summed E-state index contributed by atoms with van der Waals surface area (Å²) in [7, 11) is 0. The van der Waals surface area contributed by atoms with E-state index >= 15 is 0 Å². The smallest absolute Gasteiger partial charge is 0.304 e. The Morgan fingerprint density at radius 3 is 2.51 bits per heavy atom. The van der Waals surface area contributed by atoms with E-state index in [-0.39, 0.29) is 18.4 Å². The molecule has 5 rings (SSSR count). The predicted octanol–water partition coefficient (Wildman–Crippen LogP) is 4.32. The largest absolute Gasteiger partial charge is 0.489 e. The highest BCUT2D eigenvalue weighted by atomic mass is 35.5. The van der Waals surface area contributed by atoms with Gasteiger partial charge in [0.1, 0.15) is 23.3 Å². The van der Waals surface area contributed by atoms with Crippen LogP contribution in [0.2, 0.25) is 5.02 Å². The lowest BCUT2D eigenvalue weighted by Crippen LogP contribution is -2.45. The normalized spacial score (nSPS) is 17.9. The average Bonchev–Trinajstić information content (AvgIpc) is 3.24. The maximum atomic E-state index is 13.7. The third-order valence-electron chi connectivity index (χ3n) is 7.08. The molecule has 0 atom stereocenters. The highest BCUT2D eigenvalue weighted by molar-refractivity contribution is 8.15. The van der Waals surface area contributed by atoms with Gasteiger partial charge < -0.3 is 14.1 Å². The van der Waals surface area contributed by atoms with Gasteiger partial charge in [-0.2, -0.15) is 0 Å². The number of fused-ring (bicyclic) bond motifs is 1. The lowest BCUT2D eigenvalue weighted by atomic mass is 10.0. The minimum atomic E-state index is -1.17. The fourth-order valence-corrected chi connectivity index (χ4v) is 6.41. The molecule has 3 heterocycles. The molecule has 0 saturated carbocycles. The molecule has 2 aliphatic heterocycles. The molecule has 2 fully saturated rings. The zero-order valence-corrected chi connectivity index (χ0v) is 22.9. The Kier molecular flexibility index (Phi) is 7.29. The molecule has 2 amide bonds. The molecule has 0 bridgehead atoms. The number of imide groups is 1. The van der Waals surface area contributed by atoms with Crippen molar-refractivity contribution in [2.75, 3.05) is 25.4 Å². The van der Waals surface area contributed by atoms with Crippen molar-refractivity contribution in [2.45, 2.75) is 38.8 Å². The van der Waals surface area contributed by atoms with Crippen LogP contribution in [0.25, 0.3) is 22.1 Å². The summed E-state index contributed by atoms with van der Waals surface area (Å²) in [6, 6.07) is 9.45. The number of furan rings is 1. The molecule has 0 N–H and O–H groups in total. The van der Waals surface area contributed by atoms with Crippen molar-refractivity contribution in [3.63, 3.8) is 0 Å². The topological polar surface area (TPSA) is 80.1 Å². The van der Waals surface area contributed by atoms with Gasteiger partial charge in [-0.05, 0) is 56.2 Å². The molecule has 198 valence electrons. The van der Waals surface area contributed by atoms with Crippen LogP contribution in [-0.4, -0.2) is 64.3 Å². The van der Waals surface area contributed by atoms with E-state index in [1.807, 2.05) is 0 Å². The predicted molar refractivity (Wildman–Crippen MR) is 146 cm³/mol. The highest BCUT2D eigenvalue weighted by Gasteiger charge is 2.35. The molecule has 10 heteroatoms. The molecule has 2 aliphatic rings. The minimum Gasteiger partial charge on any atom is -0.489 e. The summed E-state index contributed by atoms with van der Waals surface area (Å²) in [5.74, 6) is -1.02. The Morgan fingerprint density at radius 2 is 1.84 bits per heavy atom. The number of benzene rings is 2. The van der Waals surface area contributed by atoms with Crippen molar-refractivity contribution in [3.8, 4) is 16.9 Å². The van der Waals surface area contributed by atoms with Crippen LogP contribution in [0.5, 0.6) is 5.75 Å². The molecule has 0 aliphatic carbocycles. The van der Waals surface area contributed by atoms with Crippen molar-refractivity contribution < 1.29 is 27.9 Å². The number of ether oxygens (including phenoxy) is 1. The van der Waals surface area contributed by atoms with Crippen LogP contribution in [0, 0.1) is 5.82 Å². The van der Waals surface area contributed by atoms with Crippen LogP contribution in [0.15, 0.2) is 40.8 Å². The number of halogens is 2. The second-order valence-electron chi connectivity index (χ2n) is 9.83. The van der Waals surface area contributed by atoms with Crippen LogP contribution in [0.1, 0.15) is 37.2 Å². The molecule has 7 nitrogen and oxygen atoms in total. The van der Waals surface area contributed by atoms with Crippen molar-refractivity contribution in [2.24, 2.45) is 0 Å². The highest BCUT2D eigenvalue weighted by Crippen LogP contribution is 2.41. The quantitative estimate of drug-likeness (QED) is 0.349. The number of hydrogen-bond acceptors (Lipinski definition) is 6. The van der Waals surface area contributed by atoms with Gasteiger partial charge in [-0.1, -0.05) is 23.7 Å². The summed E-state index contributed by atoms with van der Waals surface area (Å²) in [6.07, 6.45) is 1.73. The van der Waals surface area contributed by atoms with E-state index in [0.717, 1.165) is 30.8 Å². The third kappa shape index (κ3) is 5.12. The van der Waals surface area contributed by atoms with Gasteiger partial charge >= 0.3 is 5.91 Å². The molecular formula is C27H30ClFN2O5S. The SMILES string of the molecule is CC(C)N1CCC(Oc2cc3oc(C(=O)N4CC[SH4]C(=O)C4=O)c(-c4ccc(F)cc4)c3cc2Cl)CC1. The van der Waals surface area contributed by atoms with E-state index < -0.39 is 34.5 Å². The first-order chi connectivity index (χ1) is 17.7. The Hall–Kier alpha value is -2.88. The average molecular weight is 549 g/mol. The number of hydrogen-bond donors (Lipinski definition) is 0. The third-order valence-corrected chi connectivity index (χ3v) is 8.81. The Morgan fingerprint density at radius 1 is 1.14 bits per heavy atom. The summed E-state index contributed by atoms with van der Waals surface area (Å²) in [6.45, 7) is 6.40. The maximum absolute atomic E-state index is 13.7. The van der Waals surface area contributed by atoms with Gasteiger partial charge in [0.25, 0.3) is 5.91 Å². The number of nitrogens with zero attached hydrogens (tertiary/aromatic N) is 2. The van der Waals surface area contributed by atoms with Crippen LogP contribution in [0.3, 0.4) is 0 Å². The molecule has 1 aromatic heterocycles. The van der Waals surface area contributed by atoms with E-state index in [0.29, 0.717) is 44.7 Å². The first-order valence-electron chi connectivity index (χ1n) is 12.5. The van der Waals surface area contributed by atoms with E-state index in [4.69, 9.17) is 20.8 Å². The Balaban J connectivity index is 1.53.